The minimum absolute atomic E-state index is 0.0427. The molecular weight excluding hydrogens is 356 g/mol. The molecule has 0 bridgehead atoms. The molecule has 2 aromatic heterocycles. The Balaban J connectivity index is 1.41. The molecule has 1 aliphatic heterocycles. The SMILES string of the molecule is Cc1oc(-c2ccccc2)nc1CC(=O)N1C[C@@H](Cc2cnccn2)[C@H](O)C1. The summed E-state index contributed by atoms with van der Waals surface area (Å²) >= 11 is 0. The second kappa shape index (κ2) is 7.90. The highest BCUT2D eigenvalue weighted by Crippen LogP contribution is 2.24. The minimum Gasteiger partial charge on any atom is -0.441 e. The molecule has 0 saturated carbocycles. The zero-order valence-corrected chi connectivity index (χ0v) is 15.7. The highest BCUT2D eigenvalue weighted by Gasteiger charge is 2.34. The van der Waals surface area contributed by atoms with Crippen LogP contribution < -0.4 is 0 Å². The van der Waals surface area contributed by atoms with Crippen LogP contribution in [0.3, 0.4) is 0 Å². The first-order chi connectivity index (χ1) is 13.6. The van der Waals surface area contributed by atoms with E-state index in [0.717, 1.165) is 11.3 Å². The average molecular weight is 378 g/mol. The second-order valence-electron chi connectivity index (χ2n) is 7.09. The highest BCUT2D eigenvalue weighted by atomic mass is 16.4. The molecule has 3 aromatic rings. The molecule has 1 amide bonds. The molecule has 7 heteroatoms. The molecule has 1 saturated heterocycles. The molecule has 0 spiro atoms. The van der Waals surface area contributed by atoms with Crippen LogP contribution in [0.25, 0.3) is 11.5 Å². The first kappa shape index (κ1) is 18.3. The first-order valence-electron chi connectivity index (χ1n) is 9.32. The predicted octanol–water partition coefficient (Wildman–Crippen LogP) is 2.04. The van der Waals surface area contributed by atoms with Crippen LogP contribution in [0.1, 0.15) is 17.1 Å². The van der Waals surface area contributed by atoms with E-state index in [-0.39, 0.29) is 18.2 Å². The van der Waals surface area contributed by atoms with Crippen molar-refractivity contribution in [3.63, 3.8) is 0 Å². The maximum Gasteiger partial charge on any atom is 0.228 e. The molecule has 1 aromatic carbocycles. The van der Waals surface area contributed by atoms with Crippen LogP contribution in [0, 0.1) is 12.8 Å². The normalized spacial score (nSPS) is 19.1. The lowest BCUT2D eigenvalue weighted by Gasteiger charge is -2.15. The Labute approximate surface area is 163 Å². The van der Waals surface area contributed by atoms with Gasteiger partial charge in [0.25, 0.3) is 0 Å². The standard InChI is InChI=1S/C21H22N4O3/c1-14-18(24-21(28-14)15-5-3-2-4-6-15)10-20(27)25-12-16(19(26)13-25)9-17-11-22-7-8-23-17/h2-8,11,16,19,26H,9-10,12-13H2,1H3/t16-,19-/m1/s1. The van der Waals surface area contributed by atoms with Crippen molar-refractivity contribution in [3.05, 3.63) is 66.1 Å². The zero-order valence-electron chi connectivity index (χ0n) is 15.7. The third kappa shape index (κ3) is 3.94. The van der Waals surface area contributed by atoms with Gasteiger partial charge in [-0.15, -0.1) is 0 Å². The Morgan fingerprint density at radius 3 is 2.82 bits per heavy atom. The number of carbonyl (C=O) groups excluding carboxylic acids is 1. The molecule has 144 valence electrons. The molecular formula is C21H22N4O3. The van der Waals surface area contributed by atoms with Crippen molar-refractivity contribution in [2.24, 2.45) is 5.92 Å². The number of nitrogens with zero attached hydrogens (tertiary/aromatic N) is 4. The van der Waals surface area contributed by atoms with Crippen LogP contribution in [0.2, 0.25) is 0 Å². The molecule has 4 rings (SSSR count). The Hall–Kier alpha value is -3.06. The fraction of sp³-hybridized carbons (Fsp3) is 0.333. The van der Waals surface area contributed by atoms with E-state index < -0.39 is 6.10 Å². The van der Waals surface area contributed by atoms with Gasteiger partial charge in [-0.2, -0.15) is 0 Å². The summed E-state index contributed by atoms with van der Waals surface area (Å²) in [4.78, 5) is 27.3. The number of aromatic nitrogens is 3. The number of β-amino-alcohol motifs (C(OH)–C–C–N with tert-alkyl or cyclic N) is 1. The van der Waals surface area contributed by atoms with E-state index >= 15 is 0 Å². The van der Waals surface area contributed by atoms with Gasteiger partial charge in [0.05, 0.1) is 23.9 Å². The van der Waals surface area contributed by atoms with E-state index in [4.69, 9.17) is 4.42 Å². The maximum atomic E-state index is 12.8. The van der Waals surface area contributed by atoms with Crippen LogP contribution in [0.4, 0.5) is 0 Å². The summed E-state index contributed by atoms with van der Waals surface area (Å²) in [5.74, 6) is 1.06. The molecule has 1 aliphatic rings. The highest BCUT2D eigenvalue weighted by molar-refractivity contribution is 5.79. The van der Waals surface area contributed by atoms with E-state index in [1.54, 1.807) is 23.5 Å². The lowest BCUT2D eigenvalue weighted by atomic mass is 10.0. The van der Waals surface area contributed by atoms with Crippen molar-refractivity contribution in [2.75, 3.05) is 13.1 Å². The maximum absolute atomic E-state index is 12.8. The lowest BCUT2D eigenvalue weighted by molar-refractivity contribution is -0.129. The number of amides is 1. The first-order valence-corrected chi connectivity index (χ1v) is 9.32. The molecule has 0 radical (unpaired) electrons. The van der Waals surface area contributed by atoms with Gasteiger partial charge in [0.1, 0.15) is 5.76 Å². The number of aliphatic hydroxyl groups is 1. The second-order valence-corrected chi connectivity index (χ2v) is 7.09. The summed E-state index contributed by atoms with van der Waals surface area (Å²) in [6.07, 6.45) is 5.14. The average Bonchev–Trinajstić information content (AvgIpc) is 3.26. The van der Waals surface area contributed by atoms with Crippen LogP contribution in [0.5, 0.6) is 0 Å². The van der Waals surface area contributed by atoms with E-state index in [1.165, 1.54) is 0 Å². The van der Waals surface area contributed by atoms with Gasteiger partial charge in [0, 0.05) is 43.2 Å². The quantitative estimate of drug-likeness (QED) is 0.730. The fourth-order valence-corrected chi connectivity index (χ4v) is 3.51. The van der Waals surface area contributed by atoms with Gasteiger partial charge in [-0.05, 0) is 25.5 Å². The summed E-state index contributed by atoms with van der Waals surface area (Å²) < 4.78 is 5.74. The number of hydrogen-bond acceptors (Lipinski definition) is 6. The molecule has 3 heterocycles. The molecule has 0 unspecified atom stereocenters. The summed E-state index contributed by atoms with van der Waals surface area (Å²) in [6.45, 7) is 2.64. The third-order valence-electron chi connectivity index (χ3n) is 5.08. The third-order valence-corrected chi connectivity index (χ3v) is 5.08. The predicted molar refractivity (Wildman–Crippen MR) is 102 cm³/mol. The van der Waals surface area contributed by atoms with Gasteiger partial charge < -0.3 is 14.4 Å². The van der Waals surface area contributed by atoms with Gasteiger partial charge in [-0.25, -0.2) is 4.98 Å². The molecule has 1 fully saturated rings. The van der Waals surface area contributed by atoms with Gasteiger partial charge in [-0.1, -0.05) is 18.2 Å². The number of benzene rings is 1. The molecule has 28 heavy (non-hydrogen) atoms. The van der Waals surface area contributed by atoms with Gasteiger partial charge in [0.15, 0.2) is 0 Å². The number of carbonyl (C=O) groups is 1. The smallest absolute Gasteiger partial charge is 0.228 e. The van der Waals surface area contributed by atoms with E-state index in [1.807, 2.05) is 37.3 Å². The Kier molecular flexibility index (Phi) is 5.16. The molecule has 7 nitrogen and oxygen atoms in total. The van der Waals surface area contributed by atoms with Gasteiger partial charge in [-0.3, -0.25) is 14.8 Å². The number of aryl methyl sites for hydroxylation is 1. The van der Waals surface area contributed by atoms with Crippen molar-refractivity contribution in [3.8, 4) is 11.5 Å². The number of rotatable bonds is 5. The number of likely N-dealkylation sites (tertiary alicyclic amines) is 1. The summed E-state index contributed by atoms with van der Waals surface area (Å²) in [7, 11) is 0. The zero-order chi connectivity index (χ0) is 19.5. The van der Waals surface area contributed by atoms with Crippen LogP contribution in [-0.4, -0.2) is 50.1 Å². The van der Waals surface area contributed by atoms with Gasteiger partial charge >= 0.3 is 0 Å². The lowest BCUT2D eigenvalue weighted by Crippen LogP contribution is -2.31. The number of oxazole rings is 1. The molecule has 2 atom stereocenters. The van der Waals surface area contributed by atoms with Crippen molar-refractivity contribution in [1.29, 1.82) is 0 Å². The van der Waals surface area contributed by atoms with Gasteiger partial charge in [0.2, 0.25) is 11.8 Å². The Morgan fingerprint density at radius 2 is 2.07 bits per heavy atom. The number of hydrogen-bond donors (Lipinski definition) is 1. The topological polar surface area (TPSA) is 92.4 Å². The largest absolute Gasteiger partial charge is 0.441 e. The summed E-state index contributed by atoms with van der Waals surface area (Å²) in [6, 6.07) is 9.61. The molecule has 0 aliphatic carbocycles. The monoisotopic (exact) mass is 378 g/mol. The Bertz CT molecular complexity index is 943. The van der Waals surface area contributed by atoms with Crippen molar-refractivity contribution in [1.82, 2.24) is 19.9 Å². The van der Waals surface area contributed by atoms with E-state index in [9.17, 15) is 9.90 Å². The fourth-order valence-electron chi connectivity index (χ4n) is 3.51. The summed E-state index contributed by atoms with van der Waals surface area (Å²) in [5, 5.41) is 10.4. The van der Waals surface area contributed by atoms with Crippen molar-refractivity contribution >= 4 is 5.91 Å². The van der Waals surface area contributed by atoms with Crippen LogP contribution in [-0.2, 0) is 17.6 Å². The van der Waals surface area contributed by atoms with Crippen molar-refractivity contribution < 1.29 is 14.3 Å². The van der Waals surface area contributed by atoms with Crippen LogP contribution in [0.15, 0.2) is 53.3 Å². The van der Waals surface area contributed by atoms with E-state index in [0.29, 0.717) is 36.9 Å². The van der Waals surface area contributed by atoms with Crippen molar-refractivity contribution in [2.45, 2.75) is 25.9 Å². The Morgan fingerprint density at radius 1 is 1.25 bits per heavy atom. The molecule has 1 N–H and O–H groups in total. The number of aliphatic hydroxyl groups excluding tert-OH is 1. The van der Waals surface area contributed by atoms with E-state index in [2.05, 4.69) is 15.0 Å². The summed E-state index contributed by atoms with van der Waals surface area (Å²) in [5.41, 5.74) is 2.33. The van der Waals surface area contributed by atoms with Crippen LogP contribution >= 0.6 is 0 Å². The minimum atomic E-state index is -0.566.